The van der Waals surface area contributed by atoms with Crippen molar-refractivity contribution in [2.75, 3.05) is 13.2 Å². The Morgan fingerprint density at radius 2 is 2.00 bits per heavy atom. The van der Waals surface area contributed by atoms with Gasteiger partial charge in [0.05, 0.1) is 17.4 Å². The van der Waals surface area contributed by atoms with E-state index in [0.717, 1.165) is 0 Å². The number of aliphatic hydroxyl groups is 1. The van der Waals surface area contributed by atoms with E-state index in [-0.39, 0.29) is 40.8 Å². The maximum absolute atomic E-state index is 12.5. The van der Waals surface area contributed by atoms with Gasteiger partial charge in [0.15, 0.2) is 5.78 Å². The minimum absolute atomic E-state index is 0.0259. The summed E-state index contributed by atoms with van der Waals surface area (Å²) >= 11 is 6.13. The Balaban J connectivity index is 2.39. The van der Waals surface area contributed by atoms with Gasteiger partial charge in [0.2, 0.25) is 5.91 Å². The van der Waals surface area contributed by atoms with Crippen LogP contribution in [0, 0.1) is 5.41 Å². The predicted molar refractivity (Wildman–Crippen MR) is 84.3 cm³/mol. The van der Waals surface area contributed by atoms with Gasteiger partial charge in [-0.2, -0.15) is 0 Å². The van der Waals surface area contributed by atoms with Gasteiger partial charge in [0.25, 0.3) is 0 Å². The number of ketones is 1. The molecule has 1 aromatic rings. The lowest BCUT2D eigenvalue weighted by Crippen LogP contribution is -2.27. The molecule has 0 aromatic heterocycles. The van der Waals surface area contributed by atoms with E-state index in [0.29, 0.717) is 11.1 Å². The van der Waals surface area contributed by atoms with Gasteiger partial charge < -0.3 is 10.4 Å². The van der Waals surface area contributed by atoms with E-state index in [1.807, 2.05) is 0 Å². The van der Waals surface area contributed by atoms with Crippen molar-refractivity contribution in [3.05, 3.63) is 57.6 Å². The van der Waals surface area contributed by atoms with Crippen LogP contribution in [0.5, 0.6) is 0 Å². The summed E-state index contributed by atoms with van der Waals surface area (Å²) in [5.74, 6) is -0.713. The largest absolute Gasteiger partial charge is 0.395 e. The van der Waals surface area contributed by atoms with Crippen LogP contribution in [-0.4, -0.2) is 35.7 Å². The number of amides is 1. The van der Waals surface area contributed by atoms with Crippen LogP contribution in [0.3, 0.4) is 0 Å². The molecule has 1 aromatic carbocycles. The third-order valence-electron chi connectivity index (χ3n) is 3.26. The number of Topliss-reactive ketones (excluding diaryl/α,β-unsaturated/α-hetero) is 1. The molecule has 114 valence electrons. The van der Waals surface area contributed by atoms with Crippen LogP contribution >= 0.6 is 11.6 Å². The van der Waals surface area contributed by atoms with E-state index in [1.54, 1.807) is 31.2 Å². The molecule has 5 nitrogen and oxygen atoms in total. The maximum atomic E-state index is 12.5. The second-order valence-electron chi connectivity index (χ2n) is 4.78. The van der Waals surface area contributed by atoms with Gasteiger partial charge in [-0.15, -0.1) is 0 Å². The molecule has 0 spiro atoms. The highest BCUT2D eigenvalue weighted by Gasteiger charge is 2.27. The van der Waals surface area contributed by atoms with Crippen LogP contribution in [0.4, 0.5) is 0 Å². The van der Waals surface area contributed by atoms with E-state index < -0.39 is 5.91 Å². The fraction of sp³-hybridized carbons (Fsp3) is 0.188. The summed E-state index contributed by atoms with van der Waals surface area (Å²) in [6.07, 6.45) is 1.38. The molecule has 0 saturated carbocycles. The number of benzene rings is 1. The van der Waals surface area contributed by atoms with Crippen molar-refractivity contribution in [3.8, 4) is 0 Å². The fourth-order valence-electron chi connectivity index (χ4n) is 2.12. The van der Waals surface area contributed by atoms with Crippen molar-refractivity contribution < 1.29 is 14.7 Å². The molecule has 3 N–H and O–H groups in total. The number of allylic oxidation sites excluding steroid dienone is 3. The van der Waals surface area contributed by atoms with Gasteiger partial charge in [-0.1, -0.05) is 35.9 Å². The van der Waals surface area contributed by atoms with Gasteiger partial charge in [-0.05, 0) is 13.0 Å². The number of fused-ring (bicyclic) bond motifs is 1. The summed E-state index contributed by atoms with van der Waals surface area (Å²) in [5, 5.41) is 19.3. The van der Waals surface area contributed by atoms with E-state index in [2.05, 4.69) is 5.32 Å². The molecule has 1 amide bonds. The Morgan fingerprint density at radius 1 is 1.36 bits per heavy atom. The highest BCUT2D eigenvalue weighted by Crippen LogP contribution is 2.29. The Kier molecular flexibility index (Phi) is 4.90. The molecule has 0 bridgehead atoms. The minimum Gasteiger partial charge on any atom is -0.395 e. The minimum atomic E-state index is -0.399. The van der Waals surface area contributed by atoms with Gasteiger partial charge >= 0.3 is 0 Å². The number of hydrogen-bond donors (Lipinski definition) is 3. The SMILES string of the molecule is C/C(=C\C1=C(Cl)C(=N)c2ccccc2C1=O)C(=O)NCCO. The molecule has 6 heteroatoms. The summed E-state index contributed by atoms with van der Waals surface area (Å²) in [6, 6.07) is 6.74. The molecule has 2 rings (SSSR count). The molecule has 0 unspecified atom stereocenters. The second kappa shape index (κ2) is 6.68. The smallest absolute Gasteiger partial charge is 0.247 e. The average Bonchev–Trinajstić information content (AvgIpc) is 2.54. The van der Waals surface area contributed by atoms with Crippen molar-refractivity contribution in [2.24, 2.45) is 0 Å². The molecule has 0 radical (unpaired) electrons. The number of carbonyl (C=O) groups is 2. The number of carbonyl (C=O) groups excluding carboxylic acids is 2. The zero-order chi connectivity index (χ0) is 16.3. The second-order valence-corrected chi connectivity index (χ2v) is 5.16. The lowest BCUT2D eigenvalue weighted by atomic mass is 9.88. The number of aliphatic hydroxyl groups excluding tert-OH is 1. The fourth-order valence-corrected chi connectivity index (χ4v) is 2.36. The van der Waals surface area contributed by atoms with Crippen molar-refractivity contribution in [2.45, 2.75) is 6.92 Å². The molecule has 22 heavy (non-hydrogen) atoms. The number of halogens is 1. The first kappa shape index (κ1) is 16.1. The van der Waals surface area contributed by atoms with Crippen LogP contribution in [-0.2, 0) is 4.79 Å². The summed E-state index contributed by atoms with van der Waals surface area (Å²) in [6.45, 7) is 1.50. The number of hydrogen-bond acceptors (Lipinski definition) is 4. The Labute approximate surface area is 132 Å². The van der Waals surface area contributed by atoms with E-state index in [1.165, 1.54) is 6.08 Å². The van der Waals surface area contributed by atoms with Gasteiger partial charge in [-0.25, -0.2) is 0 Å². The molecule has 0 atom stereocenters. The van der Waals surface area contributed by atoms with Crippen LogP contribution in [0.1, 0.15) is 22.8 Å². The summed E-state index contributed by atoms with van der Waals surface area (Å²) in [4.78, 5) is 24.3. The van der Waals surface area contributed by atoms with E-state index in [4.69, 9.17) is 22.1 Å². The number of nitrogens with one attached hydrogen (secondary N) is 2. The van der Waals surface area contributed by atoms with Crippen molar-refractivity contribution in [1.82, 2.24) is 5.32 Å². The van der Waals surface area contributed by atoms with Crippen molar-refractivity contribution in [1.29, 1.82) is 5.41 Å². The van der Waals surface area contributed by atoms with E-state index in [9.17, 15) is 9.59 Å². The van der Waals surface area contributed by atoms with Gasteiger partial charge in [0.1, 0.15) is 0 Å². The number of rotatable bonds is 4. The molecular weight excluding hydrogens is 304 g/mol. The zero-order valence-electron chi connectivity index (χ0n) is 11.9. The standard InChI is InChI=1S/C16H15ClN2O3/c1-9(16(22)19-6-7-20)8-12-13(17)14(18)10-4-2-3-5-11(10)15(12)21/h2-5,8,18,20H,6-7H2,1H3,(H,19,22)/b9-8+,18-14?. The normalized spacial score (nSPS) is 15.0. The predicted octanol–water partition coefficient (Wildman–Crippen LogP) is 1.80. The average molecular weight is 319 g/mol. The first-order chi connectivity index (χ1) is 10.5. The van der Waals surface area contributed by atoms with E-state index >= 15 is 0 Å². The lowest BCUT2D eigenvalue weighted by molar-refractivity contribution is -0.117. The highest BCUT2D eigenvalue weighted by atomic mass is 35.5. The van der Waals surface area contributed by atoms with Crippen molar-refractivity contribution in [3.63, 3.8) is 0 Å². The third kappa shape index (κ3) is 3.00. The van der Waals surface area contributed by atoms with Crippen LogP contribution < -0.4 is 5.32 Å². The Morgan fingerprint density at radius 3 is 2.64 bits per heavy atom. The first-order valence-corrected chi connectivity index (χ1v) is 7.05. The van der Waals surface area contributed by atoms with Crippen LogP contribution in [0.25, 0.3) is 0 Å². The molecule has 0 fully saturated rings. The lowest BCUT2D eigenvalue weighted by Gasteiger charge is -2.18. The maximum Gasteiger partial charge on any atom is 0.247 e. The van der Waals surface area contributed by atoms with Crippen LogP contribution in [0.15, 0.2) is 46.5 Å². The topological polar surface area (TPSA) is 90.2 Å². The molecule has 0 aliphatic heterocycles. The van der Waals surface area contributed by atoms with Gasteiger partial charge in [-0.3, -0.25) is 15.0 Å². The molecule has 0 saturated heterocycles. The highest BCUT2D eigenvalue weighted by molar-refractivity contribution is 6.51. The molecule has 0 heterocycles. The first-order valence-electron chi connectivity index (χ1n) is 6.67. The van der Waals surface area contributed by atoms with Crippen molar-refractivity contribution >= 4 is 29.0 Å². The summed E-state index contributed by atoms with van der Waals surface area (Å²) in [7, 11) is 0. The summed E-state index contributed by atoms with van der Waals surface area (Å²) in [5.41, 5.74) is 1.35. The third-order valence-corrected chi connectivity index (χ3v) is 3.65. The monoisotopic (exact) mass is 318 g/mol. The van der Waals surface area contributed by atoms with Crippen LogP contribution in [0.2, 0.25) is 0 Å². The molecule has 1 aliphatic rings. The Bertz CT molecular complexity index is 720. The zero-order valence-corrected chi connectivity index (χ0v) is 12.7. The van der Waals surface area contributed by atoms with Gasteiger partial charge in [0, 0.05) is 28.8 Å². The summed E-state index contributed by atoms with van der Waals surface area (Å²) < 4.78 is 0. The molecule has 1 aliphatic carbocycles. The molecular formula is C16H15ClN2O3. The quantitative estimate of drug-likeness (QED) is 0.739. The Hall–Kier alpha value is -2.24.